The van der Waals surface area contributed by atoms with Crippen molar-refractivity contribution < 1.29 is 9.47 Å². The fraction of sp³-hybridized carbons (Fsp3) is 0.276. The van der Waals surface area contributed by atoms with Gasteiger partial charge in [-0.3, -0.25) is 4.90 Å². The number of nitrogens with zero attached hydrogens (tertiary/aromatic N) is 3. The van der Waals surface area contributed by atoms with E-state index in [1.165, 1.54) is 10.4 Å². The van der Waals surface area contributed by atoms with Crippen LogP contribution in [0.15, 0.2) is 72.8 Å². The summed E-state index contributed by atoms with van der Waals surface area (Å²) in [6, 6.07) is 24.7. The normalized spacial score (nSPS) is 14.6. The Labute approximate surface area is 211 Å². The second-order valence-corrected chi connectivity index (χ2v) is 9.66. The molecule has 5 nitrogen and oxygen atoms in total. The molecule has 6 heteroatoms. The van der Waals surface area contributed by atoms with E-state index < -0.39 is 0 Å². The number of thiazole rings is 1. The lowest BCUT2D eigenvalue weighted by molar-refractivity contribution is 0.224. The summed E-state index contributed by atoms with van der Waals surface area (Å²) in [5.41, 5.74) is 3.32. The van der Waals surface area contributed by atoms with E-state index in [-0.39, 0.29) is 0 Å². The van der Waals surface area contributed by atoms with Gasteiger partial charge in [0, 0.05) is 38.3 Å². The van der Waals surface area contributed by atoms with Gasteiger partial charge in [0.15, 0.2) is 0 Å². The summed E-state index contributed by atoms with van der Waals surface area (Å²) in [5, 5.41) is 1.01. The van der Waals surface area contributed by atoms with Crippen LogP contribution in [-0.4, -0.2) is 56.3 Å². The Hall–Kier alpha value is -3.35. The third-order valence-corrected chi connectivity index (χ3v) is 7.31. The minimum absolute atomic E-state index is 0.707. The summed E-state index contributed by atoms with van der Waals surface area (Å²) in [5.74, 6) is 1.87. The summed E-state index contributed by atoms with van der Waals surface area (Å²) in [6.45, 7) is 5.89. The van der Waals surface area contributed by atoms with Crippen LogP contribution in [0.1, 0.15) is 17.0 Å². The molecule has 1 aromatic heterocycles. The molecule has 180 valence electrons. The molecule has 0 aliphatic carbocycles. The maximum Gasteiger partial charge on any atom is 0.142 e. The molecule has 0 unspecified atom stereocenters. The van der Waals surface area contributed by atoms with Crippen LogP contribution in [0, 0.1) is 0 Å². The lowest BCUT2D eigenvalue weighted by atomic mass is 10.2. The molecule has 0 N–H and O–H groups in total. The smallest absolute Gasteiger partial charge is 0.142 e. The van der Waals surface area contributed by atoms with Gasteiger partial charge in [-0.05, 0) is 48.9 Å². The Kier molecular flexibility index (Phi) is 7.61. The Balaban J connectivity index is 1.10. The number of hydrogen-bond acceptors (Lipinski definition) is 6. The van der Waals surface area contributed by atoms with Crippen LogP contribution < -0.4 is 14.4 Å². The van der Waals surface area contributed by atoms with Crippen molar-refractivity contribution in [3.63, 3.8) is 0 Å². The molecule has 1 aliphatic heterocycles. The van der Waals surface area contributed by atoms with Crippen LogP contribution in [0.2, 0.25) is 0 Å². The van der Waals surface area contributed by atoms with Crippen molar-refractivity contribution in [3.8, 4) is 11.5 Å². The van der Waals surface area contributed by atoms with Crippen LogP contribution in [0.4, 0.5) is 5.69 Å². The number of anilines is 1. The topological polar surface area (TPSA) is 37.8 Å². The van der Waals surface area contributed by atoms with Crippen molar-refractivity contribution in [3.05, 3.63) is 83.4 Å². The summed E-state index contributed by atoms with van der Waals surface area (Å²) in [4.78, 5) is 9.63. The highest BCUT2D eigenvalue weighted by Crippen LogP contribution is 2.28. The molecule has 5 rings (SSSR count). The van der Waals surface area contributed by atoms with Crippen LogP contribution in [0.25, 0.3) is 22.4 Å². The molecule has 3 aromatic carbocycles. The lowest BCUT2D eigenvalue weighted by Crippen LogP contribution is -2.46. The first-order valence-electron chi connectivity index (χ1n) is 12.2. The fourth-order valence-corrected chi connectivity index (χ4v) is 5.32. The summed E-state index contributed by atoms with van der Waals surface area (Å²) in [6.07, 6.45) is 5.18. The molecular formula is C29H31N3O2S. The molecule has 0 atom stereocenters. The number of methoxy groups -OCH3 is 1. The predicted molar refractivity (Wildman–Crippen MR) is 147 cm³/mol. The molecule has 1 fully saturated rings. The van der Waals surface area contributed by atoms with E-state index >= 15 is 0 Å². The summed E-state index contributed by atoms with van der Waals surface area (Å²) < 4.78 is 12.9. The van der Waals surface area contributed by atoms with Gasteiger partial charge in [-0.15, -0.1) is 11.3 Å². The molecule has 1 saturated heterocycles. The monoisotopic (exact) mass is 485 g/mol. The zero-order chi connectivity index (χ0) is 23.9. The number of ether oxygens (including phenoxy) is 2. The molecule has 35 heavy (non-hydrogen) atoms. The van der Waals surface area contributed by atoms with Crippen molar-refractivity contribution in [1.29, 1.82) is 0 Å². The van der Waals surface area contributed by atoms with Gasteiger partial charge in [0.05, 0.1) is 29.6 Å². The third kappa shape index (κ3) is 5.84. The van der Waals surface area contributed by atoms with Crippen molar-refractivity contribution in [2.45, 2.75) is 6.42 Å². The van der Waals surface area contributed by atoms with Gasteiger partial charge in [-0.1, -0.05) is 42.5 Å². The second-order valence-electron chi connectivity index (χ2n) is 8.59. The van der Waals surface area contributed by atoms with Gasteiger partial charge in [0.25, 0.3) is 0 Å². The third-order valence-electron chi connectivity index (χ3n) is 6.31. The average molecular weight is 486 g/mol. The van der Waals surface area contributed by atoms with E-state index in [0.29, 0.717) is 6.61 Å². The molecule has 4 aromatic rings. The standard InChI is InChI=1S/C29H31N3O2S/c1-33-27-13-6-4-11-25(27)32-20-18-31(19-21-32)17-8-22-34-26-12-5-2-9-23(26)15-16-29-30-24-10-3-7-14-28(24)35-29/h2-7,9-16H,8,17-22H2,1H3. The minimum Gasteiger partial charge on any atom is -0.495 e. The first-order valence-corrected chi connectivity index (χ1v) is 13.0. The van der Waals surface area contributed by atoms with Gasteiger partial charge in [0.2, 0.25) is 0 Å². The number of piperazine rings is 1. The van der Waals surface area contributed by atoms with E-state index in [9.17, 15) is 0 Å². The van der Waals surface area contributed by atoms with E-state index in [4.69, 9.17) is 14.5 Å². The van der Waals surface area contributed by atoms with Crippen LogP contribution in [-0.2, 0) is 0 Å². The number of para-hydroxylation sites is 4. The summed E-state index contributed by atoms with van der Waals surface area (Å²) >= 11 is 1.71. The van der Waals surface area contributed by atoms with Crippen LogP contribution >= 0.6 is 11.3 Å². The minimum atomic E-state index is 0.707. The molecule has 2 heterocycles. The molecular weight excluding hydrogens is 454 g/mol. The first-order chi connectivity index (χ1) is 17.3. The number of rotatable bonds is 9. The van der Waals surface area contributed by atoms with Crippen molar-refractivity contribution >= 4 is 39.4 Å². The van der Waals surface area contributed by atoms with Crippen molar-refractivity contribution in [2.24, 2.45) is 0 Å². The highest BCUT2D eigenvalue weighted by molar-refractivity contribution is 7.19. The largest absolute Gasteiger partial charge is 0.495 e. The van der Waals surface area contributed by atoms with Gasteiger partial charge in [0.1, 0.15) is 16.5 Å². The Bertz CT molecular complexity index is 1240. The SMILES string of the molecule is COc1ccccc1N1CCN(CCCOc2ccccc2C=Cc2nc3ccccc3s2)CC1. The van der Waals surface area contributed by atoms with Crippen molar-refractivity contribution in [1.82, 2.24) is 9.88 Å². The van der Waals surface area contributed by atoms with Gasteiger partial charge in [-0.2, -0.15) is 0 Å². The number of aromatic nitrogens is 1. The lowest BCUT2D eigenvalue weighted by Gasteiger charge is -2.36. The molecule has 0 spiro atoms. The Morgan fingerprint density at radius 1 is 0.857 bits per heavy atom. The first kappa shape index (κ1) is 23.4. The predicted octanol–water partition coefficient (Wildman–Crippen LogP) is 6.07. The van der Waals surface area contributed by atoms with Crippen molar-refractivity contribution in [2.75, 3.05) is 51.3 Å². The van der Waals surface area contributed by atoms with Gasteiger partial charge in [-0.25, -0.2) is 4.98 Å². The Morgan fingerprint density at radius 3 is 2.43 bits per heavy atom. The Morgan fingerprint density at radius 2 is 1.60 bits per heavy atom. The highest BCUT2D eigenvalue weighted by atomic mass is 32.1. The van der Waals surface area contributed by atoms with E-state index in [1.54, 1.807) is 18.4 Å². The second kappa shape index (κ2) is 11.4. The zero-order valence-electron chi connectivity index (χ0n) is 20.1. The maximum atomic E-state index is 6.17. The highest BCUT2D eigenvalue weighted by Gasteiger charge is 2.19. The van der Waals surface area contributed by atoms with Crippen LogP contribution in [0.5, 0.6) is 11.5 Å². The average Bonchev–Trinajstić information content (AvgIpc) is 3.34. The number of benzene rings is 3. The number of fused-ring (bicyclic) bond motifs is 1. The van der Waals surface area contributed by atoms with Crippen LogP contribution in [0.3, 0.4) is 0 Å². The fourth-order valence-electron chi connectivity index (χ4n) is 4.45. The molecule has 1 aliphatic rings. The maximum absolute atomic E-state index is 6.17. The molecule has 0 bridgehead atoms. The molecule has 0 amide bonds. The van der Waals surface area contributed by atoms with E-state index in [1.807, 2.05) is 36.4 Å². The number of hydrogen-bond donors (Lipinski definition) is 0. The van der Waals surface area contributed by atoms with Gasteiger partial charge >= 0.3 is 0 Å². The van der Waals surface area contributed by atoms with E-state index in [2.05, 4.69) is 58.4 Å². The zero-order valence-corrected chi connectivity index (χ0v) is 20.9. The molecule has 0 radical (unpaired) electrons. The summed E-state index contributed by atoms with van der Waals surface area (Å²) in [7, 11) is 1.74. The molecule has 0 saturated carbocycles. The quantitative estimate of drug-likeness (QED) is 0.269. The van der Waals surface area contributed by atoms with Gasteiger partial charge < -0.3 is 14.4 Å². The van der Waals surface area contributed by atoms with E-state index in [0.717, 1.165) is 66.7 Å².